The third-order valence-corrected chi connectivity index (χ3v) is 4.32. The first-order valence-corrected chi connectivity index (χ1v) is 8.17. The Labute approximate surface area is 142 Å². The fraction of sp³-hybridized carbons (Fsp3) is 0.467. The van der Waals surface area contributed by atoms with Crippen LogP contribution in [-0.2, 0) is 23.1 Å². The second-order valence-corrected chi connectivity index (χ2v) is 6.11. The normalized spacial score (nSPS) is 17.9. The van der Waals surface area contributed by atoms with Crippen LogP contribution in [0.1, 0.15) is 30.7 Å². The minimum atomic E-state index is -0.181. The molecule has 7 nitrogen and oxygen atoms in total. The number of nitrogens with zero attached hydrogens (tertiary/aromatic N) is 5. The first-order valence-electron chi connectivity index (χ1n) is 7.38. The van der Waals surface area contributed by atoms with E-state index in [4.69, 9.17) is 14.7 Å². The van der Waals surface area contributed by atoms with Crippen molar-refractivity contribution in [1.29, 1.82) is 5.26 Å². The van der Waals surface area contributed by atoms with Crippen molar-refractivity contribution in [3.8, 4) is 17.5 Å². The molecular formula is C15H16BrN5O2. The summed E-state index contributed by atoms with van der Waals surface area (Å²) < 4.78 is 13.7. The molecule has 0 aliphatic carbocycles. The van der Waals surface area contributed by atoms with Gasteiger partial charge in [0.1, 0.15) is 11.8 Å². The summed E-state index contributed by atoms with van der Waals surface area (Å²) in [4.78, 5) is 4.32. The fourth-order valence-electron chi connectivity index (χ4n) is 2.40. The van der Waals surface area contributed by atoms with Gasteiger partial charge >= 0.3 is 0 Å². The van der Waals surface area contributed by atoms with Gasteiger partial charge < -0.3 is 9.47 Å². The maximum atomic E-state index is 9.11. The van der Waals surface area contributed by atoms with Crippen LogP contribution in [0.3, 0.4) is 0 Å². The summed E-state index contributed by atoms with van der Waals surface area (Å²) in [5.41, 5.74) is 2.34. The van der Waals surface area contributed by atoms with Gasteiger partial charge in [-0.2, -0.15) is 5.26 Å². The van der Waals surface area contributed by atoms with Crippen LogP contribution in [0.25, 0.3) is 11.4 Å². The molecule has 1 saturated heterocycles. The van der Waals surface area contributed by atoms with Crippen molar-refractivity contribution in [3.05, 3.63) is 28.0 Å². The van der Waals surface area contributed by atoms with Gasteiger partial charge in [0.25, 0.3) is 0 Å². The van der Waals surface area contributed by atoms with Gasteiger partial charge in [0.15, 0.2) is 12.0 Å². The number of hydrogen-bond acceptors (Lipinski definition) is 6. The summed E-state index contributed by atoms with van der Waals surface area (Å²) >= 11 is 3.30. The number of pyridine rings is 1. The third-order valence-electron chi connectivity index (χ3n) is 3.68. The maximum absolute atomic E-state index is 9.11. The standard InChI is InChI=1S/C15H16BrN5O2/c1-21-13(9-23-14-4-2-3-7-22-14)15(19-20-21)11-6-5-10(16)12(8-17)18-11/h5-6,14H,2-4,7,9H2,1H3. The Balaban J connectivity index is 1.82. The van der Waals surface area contributed by atoms with Crippen molar-refractivity contribution in [2.45, 2.75) is 32.2 Å². The first-order chi connectivity index (χ1) is 11.2. The molecule has 0 bridgehead atoms. The topological polar surface area (TPSA) is 85.9 Å². The molecule has 0 amide bonds. The molecule has 3 rings (SSSR count). The smallest absolute Gasteiger partial charge is 0.158 e. The average Bonchev–Trinajstić information content (AvgIpc) is 2.95. The van der Waals surface area contributed by atoms with Crippen molar-refractivity contribution < 1.29 is 9.47 Å². The van der Waals surface area contributed by atoms with Gasteiger partial charge in [-0.15, -0.1) is 5.10 Å². The Morgan fingerprint density at radius 3 is 3.09 bits per heavy atom. The molecule has 0 spiro atoms. The summed E-state index contributed by atoms with van der Waals surface area (Å²) in [5, 5.41) is 17.3. The summed E-state index contributed by atoms with van der Waals surface area (Å²) in [6, 6.07) is 5.63. The fourth-order valence-corrected chi connectivity index (χ4v) is 2.71. The zero-order valence-electron chi connectivity index (χ0n) is 12.7. The summed E-state index contributed by atoms with van der Waals surface area (Å²) in [5.74, 6) is 0. The van der Waals surface area contributed by atoms with Gasteiger partial charge in [0, 0.05) is 13.7 Å². The number of nitriles is 1. The van der Waals surface area contributed by atoms with E-state index in [0.29, 0.717) is 28.2 Å². The van der Waals surface area contributed by atoms with Gasteiger partial charge in [-0.3, -0.25) is 0 Å². The van der Waals surface area contributed by atoms with Crippen LogP contribution >= 0.6 is 15.9 Å². The number of hydrogen-bond donors (Lipinski definition) is 0. The maximum Gasteiger partial charge on any atom is 0.158 e. The second kappa shape index (κ2) is 7.17. The minimum Gasteiger partial charge on any atom is -0.353 e. The number of halogens is 1. The van der Waals surface area contributed by atoms with Gasteiger partial charge in [0.05, 0.1) is 22.5 Å². The van der Waals surface area contributed by atoms with E-state index in [9.17, 15) is 0 Å². The van der Waals surface area contributed by atoms with Crippen LogP contribution in [0.4, 0.5) is 0 Å². The minimum absolute atomic E-state index is 0.181. The summed E-state index contributed by atoms with van der Waals surface area (Å²) in [7, 11) is 1.81. The van der Waals surface area contributed by atoms with Crippen LogP contribution in [-0.4, -0.2) is 32.9 Å². The molecule has 1 unspecified atom stereocenters. The van der Waals surface area contributed by atoms with E-state index in [1.807, 2.05) is 0 Å². The molecule has 0 radical (unpaired) electrons. The predicted molar refractivity (Wildman–Crippen MR) is 85.0 cm³/mol. The van der Waals surface area contributed by atoms with Gasteiger partial charge in [0.2, 0.25) is 0 Å². The highest BCUT2D eigenvalue weighted by Gasteiger charge is 2.19. The lowest BCUT2D eigenvalue weighted by Gasteiger charge is -2.22. The van der Waals surface area contributed by atoms with E-state index in [1.54, 1.807) is 23.9 Å². The Morgan fingerprint density at radius 1 is 1.48 bits per heavy atom. The third kappa shape index (κ3) is 3.58. The lowest BCUT2D eigenvalue weighted by atomic mass is 10.2. The van der Waals surface area contributed by atoms with Crippen LogP contribution in [0.5, 0.6) is 0 Å². The number of aromatic nitrogens is 4. The quantitative estimate of drug-likeness (QED) is 0.813. The number of aryl methyl sites for hydroxylation is 1. The van der Waals surface area contributed by atoms with E-state index in [1.165, 1.54) is 0 Å². The second-order valence-electron chi connectivity index (χ2n) is 5.25. The monoisotopic (exact) mass is 377 g/mol. The van der Waals surface area contributed by atoms with Crippen molar-refractivity contribution in [1.82, 2.24) is 20.0 Å². The molecule has 1 aliphatic rings. The van der Waals surface area contributed by atoms with Crippen molar-refractivity contribution >= 4 is 15.9 Å². The Morgan fingerprint density at radius 2 is 2.35 bits per heavy atom. The highest BCUT2D eigenvalue weighted by atomic mass is 79.9. The lowest BCUT2D eigenvalue weighted by Crippen LogP contribution is -2.22. The molecule has 2 aromatic rings. The van der Waals surface area contributed by atoms with E-state index >= 15 is 0 Å². The highest BCUT2D eigenvalue weighted by molar-refractivity contribution is 9.10. The van der Waals surface area contributed by atoms with E-state index < -0.39 is 0 Å². The zero-order chi connectivity index (χ0) is 16.2. The first kappa shape index (κ1) is 16.1. The summed E-state index contributed by atoms with van der Waals surface area (Å²) in [6.07, 6.45) is 2.91. The Bertz CT molecular complexity index is 734. The SMILES string of the molecule is Cn1nnc(-c2ccc(Br)c(C#N)n2)c1COC1CCCCO1. The molecule has 0 N–H and O–H groups in total. The van der Waals surface area contributed by atoms with E-state index in [-0.39, 0.29) is 6.29 Å². The molecule has 0 aromatic carbocycles. The molecule has 0 saturated carbocycles. The molecule has 3 heterocycles. The molecule has 8 heteroatoms. The lowest BCUT2D eigenvalue weighted by molar-refractivity contribution is -0.169. The van der Waals surface area contributed by atoms with Crippen LogP contribution in [0.2, 0.25) is 0 Å². The Kier molecular flexibility index (Phi) is 5.00. The van der Waals surface area contributed by atoms with Crippen molar-refractivity contribution in [3.63, 3.8) is 0 Å². The van der Waals surface area contributed by atoms with Gasteiger partial charge in [-0.05, 0) is 47.3 Å². The predicted octanol–water partition coefficient (Wildman–Crippen LogP) is 2.55. The molecule has 2 aromatic heterocycles. The van der Waals surface area contributed by atoms with Crippen molar-refractivity contribution in [2.24, 2.45) is 7.05 Å². The van der Waals surface area contributed by atoms with Crippen LogP contribution in [0.15, 0.2) is 16.6 Å². The largest absolute Gasteiger partial charge is 0.353 e. The van der Waals surface area contributed by atoms with E-state index in [2.05, 4.69) is 37.3 Å². The Hall–Kier alpha value is -1.82. The molecule has 1 fully saturated rings. The average molecular weight is 378 g/mol. The zero-order valence-corrected chi connectivity index (χ0v) is 14.3. The molecular weight excluding hydrogens is 362 g/mol. The van der Waals surface area contributed by atoms with Crippen molar-refractivity contribution in [2.75, 3.05) is 6.61 Å². The molecule has 120 valence electrons. The number of ether oxygens (including phenoxy) is 2. The van der Waals surface area contributed by atoms with Crippen LogP contribution in [0, 0.1) is 11.3 Å². The highest BCUT2D eigenvalue weighted by Crippen LogP contribution is 2.24. The van der Waals surface area contributed by atoms with Gasteiger partial charge in [-0.1, -0.05) is 5.21 Å². The molecule has 1 atom stereocenters. The molecule has 23 heavy (non-hydrogen) atoms. The van der Waals surface area contributed by atoms with Crippen LogP contribution < -0.4 is 0 Å². The number of rotatable bonds is 4. The van der Waals surface area contributed by atoms with Gasteiger partial charge in [-0.25, -0.2) is 9.67 Å². The van der Waals surface area contributed by atoms with E-state index in [0.717, 1.165) is 31.6 Å². The molecule has 1 aliphatic heterocycles. The summed E-state index contributed by atoms with van der Waals surface area (Å²) in [6.45, 7) is 1.07.